The Hall–Kier alpha value is -1.88. The minimum Gasteiger partial charge on any atom is -0.369 e. The molecule has 6 heteroatoms. The van der Waals surface area contributed by atoms with Crippen LogP contribution < -0.4 is 10.2 Å². The van der Waals surface area contributed by atoms with Crippen molar-refractivity contribution in [1.29, 1.82) is 0 Å². The normalized spacial score (nSPS) is 18.6. The minimum absolute atomic E-state index is 0.204. The number of anilines is 2. The summed E-state index contributed by atoms with van der Waals surface area (Å²) in [7, 11) is 0. The lowest BCUT2D eigenvalue weighted by Gasteiger charge is -2.35. The van der Waals surface area contributed by atoms with E-state index in [1.165, 1.54) is 6.07 Å². The maximum absolute atomic E-state index is 13.3. The summed E-state index contributed by atoms with van der Waals surface area (Å²) in [6.45, 7) is 1.75. The fraction of sp³-hybridized carbons (Fsp3) is 0.333. The molecule has 1 N–H and O–H groups in total. The monoisotopic (exact) mass is 306 g/mol. The third-order valence-electron chi connectivity index (χ3n) is 3.57. The standard InChI is InChI=1S/C15H16ClFN4/c16-15-18-7-6-14(20-15)19-12-4-2-8-21(10-12)13-5-1-3-11(17)9-13/h1,3,5-7,9,12H,2,4,8,10H2,(H,18,19,20)/t12-/m1/s1. The van der Waals surface area contributed by atoms with Crippen LogP contribution in [0.2, 0.25) is 5.28 Å². The zero-order valence-corrected chi connectivity index (χ0v) is 12.2. The van der Waals surface area contributed by atoms with Crippen molar-refractivity contribution in [2.45, 2.75) is 18.9 Å². The quantitative estimate of drug-likeness (QED) is 0.883. The lowest BCUT2D eigenvalue weighted by atomic mass is 10.0. The molecule has 1 saturated heterocycles. The summed E-state index contributed by atoms with van der Waals surface area (Å²) in [5.41, 5.74) is 0.919. The van der Waals surface area contributed by atoms with Gasteiger partial charge in [0.15, 0.2) is 0 Å². The van der Waals surface area contributed by atoms with Gasteiger partial charge in [-0.3, -0.25) is 0 Å². The molecule has 2 aromatic rings. The summed E-state index contributed by atoms with van der Waals surface area (Å²) < 4.78 is 13.3. The highest BCUT2D eigenvalue weighted by Crippen LogP contribution is 2.22. The van der Waals surface area contributed by atoms with Crippen molar-refractivity contribution in [3.8, 4) is 0 Å². The zero-order valence-electron chi connectivity index (χ0n) is 11.5. The summed E-state index contributed by atoms with van der Waals surface area (Å²) in [6.07, 6.45) is 3.73. The van der Waals surface area contributed by atoms with Crippen molar-refractivity contribution >= 4 is 23.1 Å². The van der Waals surface area contributed by atoms with Crippen LogP contribution in [0.25, 0.3) is 0 Å². The van der Waals surface area contributed by atoms with E-state index < -0.39 is 0 Å². The van der Waals surface area contributed by atoms with Crippen molar-refractivity contribution in [3.63, 3.8) is 0 Å². The molecule has 0 bridgehead atoms. The second-order valence-corrected chi connectivity index (χ2v) is 5.46. The predicted molar refractivity (Wildman–Crippen MR) is 82.3 cm³/mol. The third-order valence-corrected chi connectivity index (χ3v) is 3.76. The van der Waals surface area contributed by atoms with Gasteiger partial charge in [-0.2, -0.15) is 0 Å². The van der Waals surface area contributed by atoms with Gasteiger partial charge in [-0.15, -0.1) is 0 Å². The van der Waals surface area contributed by atoms with Gasteiger partial charge in [0.25, 0.3) is 0 Å². The number of nitrogens with zero attached hydrogens (tertiary/aromatic N) is 3. The number of halogens is 2. The van der Waals surface area contributed by atoms with E-state index in [0.29, 0.717) is 0 Å². The van der Waals surface area contributed by atoms with E-state index in [-0.39, 0.29) is 17.1 Å². The lowest BCUT2D eigenvalue weighted by Crippen LogP contribution is -2.42. The van der Waals surface area contributed by atoms with Crippen molar-refractivity contribution in [2.75, 3.05) is 23.3 Å². The SMILES string of the molecule is Fc1cccc(N2CCC[C@@H](Nc3ccnc(Cl)n3)C2)c1. The number of nitrogens with one attached hydrogen (secondary N) is 1. The molecule has 0 unspecified atom stereocenters. The van der Waals surface area contributed by atoms with Crippen LogP contribution in [0.3, 0.4) is 0 Å². The van der Waals surface area contributed by atoms with Crippen molar-refractivity contribution in [1.82, 2.24) is 9.97 Å². The van der Waals surface area contributed by atoms with Crippen LogP contribution in [0.4, 0.5) is 15.9 Å². The van der Waals surface area contributed by atoms with Gasteiger partial charge in [-0.1, -0.05) is 6.07 Å². The first-order valence-corrected chi connectivity index (χ1v) is 7.34. The Bertz CT molecular complexity index is 622. The lowest BCUT2D eigenvalue weighted by molar-refractivity contribution is 0.527. The molecule has 0 amide bonds. The molecular formula is C15H16ClFN4. The van der Waals surface area contributed by atoms with Gasteiger partial charge in [-0.05, 0) is 48.7 Å². The van der Waals surface area contributed by atoms with Crippen molar-refractivity contribution < 1.29 is 4.39 Å². The Balaban J connectivity index is 1.68. The average Bonchev–Trinajstić information content (AvgIpc) is 2.47. The molecule has 0 aliphatic carbocycles. The zero-order chi connectivity index (χ0) is 14.7. The molecule has 0 saturated carbocycles. The summed E-state index contributed by atoms with van der Waals surface area (Å²) in [5.74, 6) is 0.520. The Morgan fingerprint density at radius 2 is 2.24 bits per heavy atom. The number of benzene rings is 1. The summed E-state index contributed by atoms with van der Waals surface area (Å²) >= 11 is 5.79. The molecule has 0 radical (unpaired) electrons. The van der Waals surface area contributed by atoms with Gasteiger partial charge in [0, 0.05) is 31.0 Å². The number of rotatable bonds is 3. The van der Waals surface area contributed by atoms with Gasteiger partial charge in [0.05, 0.1) is 0 Å². The maximum atomic E-state index is 13.3. The highest BCUT2D eigenvalue weighted by atomic mass is 35.5. The fourth-order valence-electron chi connectivity index (χ4n) is 2.63. The largest absolute Gasteiger partial charge is 0.369 e. The fourth-order valence-corrected chi connectivity index (χ4v) is 2.77. The molecule has 1 aliphatic heterocycles. The predicted octanol–water partition coefficient (Wildman–Crippen LogP) is 3.35. The number of aromatic nitrogens is 2. The summed E-state index contributed by atoms with van der Waals surface area (Å²) in [5, 5.41) is 3.60. The first kappa shape index (κ1) is 14.1. The van der Waals surface area contributed by atoms with Crippen LogP contribution in [0.1, 0.15) is 12.8 Å². The average molecular weight is 307 g/mol. The topological polar surface area (TPSA) is 41.0 Å². The highest BCUT2D eigenvalue weighted by Gasteiger charge is 2.20. The van der Waals surface area contributed by atoms with Crippen LogP contribution in [-0.4, -0.2) is 29.1 Å². The second kappa shape index (κ2) is 6.26. The van der Waals surface area contributed by atoms with E-state index in [9.17, 15) is 4.39 Å². The highest BCUT2D eigenvalue weighted by molar-refractivity contribution is 6.28. The molecule has 1 aromatic heterocycles. The molecule has 0 spiro atoms. The number of hydrogen-bond acceptors (Lipinski definition) is 4. The smallest absolute Gasteiger partial charge is 0.224 e. The molecule has 1 aromatic carbocycles. The van der Waals surface area contributed by atoms with E-state index in [0.717, 1.165) is 37.4 Å². The Labute approximate surface area is 128 Å². The molecule has 1 atom stereocenters. The van der Waals surface area contributed by atoms with E-state index in [2.05, 4.69) is 20.2 Å². The van der Waals surface area contributed by atoms with Gasteiger partial charge >= 0.3 is 0 Å². The maximum Gasteiger partial charge on any atom is 0.224 e. The van der Waals surface area contributed by atoms with Crippen LogP contribution in [0, 0.1) is 5.82 Å². The Kier molecular flexibility index (Phi) is 4.20. The second-order valence-electron chi connectivity index (χ2n) is 5.12. The molecule has 21 heavy (non-hydrogen) atoms. The molecule has 1 fully saturated rings. The van der Waals surface area contributed by atoms with E-state index in [1.54, 1.807) is 24.4 Å². The van der Waals surface area contributed by atoms with E-state index >= 15 is 0 Å². The van der Waals surface area contributed by atoms with Gasteiger partial charge in [0.2, 0.25) is 5.28 Å². The van der Waals surface area contributed by atoms with Crippen molar-refractivity contribution in [3.05, 3.63) is 47.6 Å². The van der Waals surface area contributed by atoms with Gasteiger partial charge in [-0.25, -0.2) is 14.4 Å². The Morgan fingerprint density at radius 1 is 1.33 bits per heavy atom. The van der Waals surface area contributed by atoms with Crippen LogP contribution in [-0.2, 0) is 0 Å². The third kappa shape index (κ3) is 3.61. The molecule has 110 valence electrons. The molecule has 1 aliphatic rings. The van der Waals surface area contributed by atoms with Gasteiger partial charge in [0.1, 0.15) is 11.6 Å². The van der Waals surface area contributed by atoms with Crippen LogP contribution in [0.5, 0.6) is 0 Å². The van der Waals surface area contributed by atoms with E-state index in [1.807, 2.05) is 6.07 Å². The van der Waals surface area contributed by atoms with Crippen LogP contribution >= 0.6 is 11.6 Å². The van der Waals surface area contributed by atoms with E-state index in [4.69, 9.17) is 11.6 Å². The number of piperidine rings is 1. The Morgan fingerprint density at radius 3 is 3.05 bits per heavy atom. The van der Waals surface area contributed by atoms with Crippen LogP contribution in [0.15, 0.2) is 36.5 Å². The first-order valence-electron chi connectivity index (χ1n) is 6.96. The number of hydrogen-bond donors (Lipinski definition) is 1. The molecule has 2 heterocycles. The summed E-state index contributed by atoms with van der Waals surface area (Å²) in [4.78, 5) is 10.2. The first-order chi connectivity index (χ1) is 10.2. The van der Waals surface area contributed by atoms with Crippen molar-refractivity contribution in [2.24, 2.45) is 0 Å². The molecular weight excluding hydrogens is 291 g/mol. The minimum atomic E-state index is -0.204. The molecule has 4 nitrogen and oxygen atoms in total. The van der Waals surface area contributed by atoms with Gasteiger partial charge < -0.3 is 10.2 Å². The molecule has 3 rings (SSSR count). The summed E-state index contributed by atoms with van der Waals surface area (Å²) in [6, 6.07) is 8.77.